The van der Waals surface area contributed by atoms with Gasteiger partial charge in [0.1, 0.15) is 11.6 Å². The fourth-order valence-corrected chi connectivity index (χ4v) is 0. The summed E-state index contributed by atoms with van der Waals surface area (Å²) in [6, 6.07) is 0. The monoisotopic (exact) mass is 140 g/mol. The van der Waals surface area contributed by atoms with E-state index < -0.39 is 0 Å². The number of rotatable bonds is 0. The van der Waals surface area contributed by atoms with Crippen molar-refractivity contribution in [1.29, 1.82) is 0 Å². The molecule has 2 nitrogen and oxygen atoms in total. The normalized spacial score (nSPS) is 5.78. The maximum Gasteiger partial charge on any atom is 0.126 e. The van der Waals surface area contributed by atoms with Crippen molar-refractivity contribution in [3.63, 3.8) is 0 Å². The van der Waals surface area contributed by atoms with E-state index in [1.807, 2.05) is 0 Å². The lowest BCUT2D eigenvalue weighted by molar-refractivity contribution is -0.115. The molecule has 0 heterocycles. The third kappa shape index (κ3) is 26800. The van der Waals surface area contributed by atoms with Gasteiger partial charge < -0.3 is 9.59 Å². The van der Waals surface area contributed by atoms with Gasteiger partial charge in [-0.15, -0.1) is 0 Å². The van der Waals surface area contributed by atoms with E-state index in [0.717, 1.165) is 0 Å². The average molecular weight is 140 g/mol. The molecule has 0 spiro atoms. The molecule has 0 amide bonds. The van der Waals surface area contributed by atoms with E-state index in [2.05, 4.69) is 0 Å². The van der Waals surface area contributed by atoms with Gasteiger partial charge in [0, 0.05) is 23.1 Å². The molecule has 0 fully saturated rings. The number of carbonyl (C=O) groups is 2. The molecule has 0 unspecified atom stereocenters. The Morgan fingerprint density at radius 1 is 0.778 bits per heavy atom. The minimum absolute atomic E-state index is 0. The zero-order valence-corrected chi connectivity index (χ0v) is 7.94. The molecule has 0 aliphatic heterocycles. The predicted octanol–water partition coefficient (Wildman–Crippen LogP) is 0.810. The summed E-state index contributed by atoms with van der Waals surface area (Å²) in [6.45, 7) is 6.11. The van der Waals surface area contributed by atoms with Crippen LogP contribution in [0.15, 0.2) is 0 Å². The summed E-state index contributed by atoms with van der Waals surface area (Å²) in [5, 5.41) is 0. The van der Waals surface area contributed by atoms with Crippen molar-refractivity contribution in [2.24, 2.45) is 0 Å². The van der Waals surface area contributed by atoms with Crippen LogP contribution in [0.1, 0.15) is 27.7 Å². The summed E-state index contributed by atoms with van der Waals surface area (Å²) in [5.74, 6) is 0.333. The molecule has 0 aliphatic carbocycles. The minimum atomic E-state index is 0. The maximum absolute atomic E-state index is 9.44. The first-order valence-corrected chi connectivity index (χ1v) is 2.41. The number of ketones is 2. The van der Waals surface area contributed by atoms with E-state index in [4.69, 9.17) is 0 Å². The second-order valence-electron chi connectivity index (χ2n) is 1.82. The van der Waals surface area contributed by atoms with Crippen molar-refractivity contribution in [1.82, 2.24) is 0 Å². The summed E-state index contributed by atoms with van der Waals surface area (Å²) in [7, 11) is 0. The molecule has 0 atom stereocenters. The van der Waals surface area contributed by atoms with E-state index in [0.29, 0.717) is 0 Å². The number of carbonyl (C=O) groups excluding carboxylic acids is 2. The molecule has 3 heteroatoms. The fraction of sp³-hybridized carbons (Fsp3) is 0.667. The first kappa shape index (κ1) is 16.0. The van der Waals surface area contributed by atoms with Gasteiger partial charge in [0.2, 0.25) is 0 Å². The summed E-state index contributed by atoms with van der Waals surface area (Å²) in [6.07, 6.45) is 0. The van der Waals surface area contributed by atoms with Crippen molar-refractivity contribution < 1.29 is 9.59 Å². The lowest BCUT2D eigenvalue weighted by Gasteiger charge is -1.56. The number of Topliss-reactive ketones (excluding diaryl/α,β-unsaturated/α-hetero) is 2. The van der Waals surface area contributed by atoms with Gasteiger partial charge in [-0.1, -0.05) is 0 Å². The van der Waals surface area contributed by atoms with E-state index in [1.54, 1.807) is 0 Å². The van der Waals surface area contributed by atoms with Crippen LogP contribution in [0.25, 0.3) is 0 Å². The van der Waals surface area contributed by atoms with Gasteiger partial charge >= 0.3 is 0 Å². The lowest BCUT2D eigenvalue weighted by atomic mass is 10.6. The highest BCUT2D eigenvalue weighted by Crippen LogP contribution is 1.50. The Bertz CT molecular complexity index is 69.1. The van der Waals surface area contributed by atoms with Crippen LogP contribution < -0.4 is 0 Å². The maximum atomic E-state index is 9.44. The van der Waals surface area contributed by atoms with Gasteiger partial charge in [0.25, 0.3) is 0 Å². The van der Waals surface area contributed by atoms with Gasteiger partial charge in [-0.05, 0) is 27.7 Å². The summed E-state index contributed by atoms with van der Waals surface area (Å²) in [5.41, 5.74) is 0. The van der Waals surface area contributed by atoms with E-state index in [-0.39, 0.29) is 34.6 Å². The highest BCUT2D eigenvalue weighted by molar-refractivity contribution is 5.75. The molecule has 0 saturated heterocycles. The highest BCUT2D eigenvalue weighted by Gasteiger charge is 1.62. The Morgan fingerprint density at radius 2 is 0.778 bits per heavy atom. The molecular formula is C6H12MgO2. The summed E-state index contributed by atoms with van der Waals surface area (Å²) in [4.78, 5) is 18.9. The lowest BCUT2D eigenvalue weighted by Crippen LogP contribution is -1.69. The van der Waals surface area contributed by atoms with Gasteiger partial charge in [-0.2, -0.15) is 0 Å². The SMILES string of the molecule is CC(C)=O.CC(C)=O.[Mg]. The molecule has 2 radical (unpaired) electrons. The van der Waals surface area contributed by atoms with Crippen LogP contribution in [0.4, 0.5) is 0 Å². The minimum Gasteiger partial charge on any atom is -0.300 e. The van der Waals surface area contributed by atoms with Crippen LogP contribution in [0.5, 0.6) is 0 Å². The van der Waals surface area contributed by atoms with E-state index in [1.165, 1.54) is 27.7 Å². The summed E-state index contributed by atoms with van der Waals surface area (Å²) < 4.78 is 0. The van der Waals surface area contributed by atoms with E-state index >= 15 is 0 Å². The topological polar surface area (TPSA) is 34.1 Å². The zero-order chi connectivity index (χ0) is 7.15. The first-order chi connectivity index (χ1) is 3.46. The Kier molecular flexibility index (Phi) is 19.6. The molecule has 0 bridgehead atoms. The highest BCUT2D eigenvalue weighted by atomic mass is 24.3. The third-order valence-corrected chi connectivity index (χ3v) is 0. The largest absolute Gasteiger partial charge is 0.300 e. The van der Waals surface area contributed by atoms with Gasteiger partial charge in [-0.25, -0.2) is 0 Å². The molecule has 0 aromatic carbocycles. The van der Waals surface area contributed by atoms with Crippen LogP contribution >= 0.6 is 0 Å². The molecule has 0 aliphatic rings. The summed E-state index contributed by atoms with van der Waals surface area (Å²) >= 11 is 0. The Hall–Kier alpha value is 0.106. The zero-order valence-electron chi connectivity index (χ0n) is 6.52. The Balaban J connectivity index is -0.0000000720. The molecule has 0 saturated carbocycles. The fourth-order valence-electron chi connectivity index (χ4n) is 0. The Morgan fingerprint density at radius 3 is 0.778 bits per heavy atom. The van der Waals surface area contributed by atoms with Gasteiger partial charge in [0.05, 0.1) is 0 Å². The molecular weight excluding hydrogens is 128 g/mol. The molecule has 50 valence electrons. The van der Waals surface area contributed by atoms with Gasteiger partial charge in [-0.3, -0.25) is 0 Å². The molecule has 0 rings (SSSR count). The van der Waals surface area contributed by atoms with Crippen molar-refractivity contribution in [2.75, 3.05) is 0 Å². The molecule has 0 aromatic rings. The number of hydrogen-bond donors (Lipinski definition) is 0. The van der Waals surface area contributed by atoms with Crippen molar-refractivity contribution in [3.8, 4) is 0 Å². The first-order valence-electron chi connectivity index (χ1n) is 2.41. The van der Waals surface area contributed by atoms with Crippen molar-refractivity contribution in [2.45, 2.75) is 27.7 Å². The quantitative estimate of drug-likeness (QED) is 0.467. The van der Waals surface area contributed by atoms with E-state index in [9.17, 15) is 9.59 Å². The second kappa shape index (κ2) is 11.0. The average Bonchev–Trinajstić information content (AvgIpc) is 1.25. The van der Waals surface area contributed by atoms with Crippen molar-refractivity contribution >= 4 is 34.6 Å². The number of hydrogen-bond acceptors (Lipinski definition) is 2. The molecule has 0 aromatic heterocycles. The van der Waals surface area contributed by atoms with Crippen molar-refractivity contribution in [3.05, 3.63) is 0 Å². The second-order valence-corrected chi connectivity index (χ2v) is 1.82. The molecule has 9 heavy (non-hydrogen) atoms. The van der Waals surface area contributed by atoms with Crippen LogP contribution in [-0.2, 0) is 9.59 Å². The van der Waals surface area contributed by atoms with Crippen LogP contribution in [0, 0.1) is 0 Å². The Labute approximate surface area is 72.2 Å². The van der Waals surface area contributed by atoms with Crippen LogP contribution in [-0.4, -0.2) is 34.6 Å². The third-order valence-electron chi connectivity index (χ3n) is 0. The van der Waals surface area contributed by atoms with Crippen LogP contribution in [0.2, 0.25) is 0 Å². The smallest absolute Gasteiger partial charge is 0.126 e. The molecule has 0 N–H and O–H groups in total. The van der Waals surface area contributed by atoms with Crippen LogP contribution in [0.3, 0.4) is 0 Å². The standard InChI is InChI=1S/2C3H6O.Mg/c2*1-3(2)4;/h2*1-2H3;. The van der Waals surface area contributed by atoms with Gasteiger partial charge in [0.15, 0.2) is 0 Å². The predicted molar refractivity (Wildman–Crippen MR) is 38.5 cm³/mol.